The molecule has 3 heteroatoms. The molecule has 0 aromatic heterocycles. The molecule has 0 saturated heterocycles. The van der Waals surface area contributed by atoms with Crippen molar-refractivity contribution >= 4 is 0 Å². The van der Waals surface area contributed by atoms with Crippen LogP contribution >= 0.6 is 0 Å². The summed E-state index contributed by atoms with van der Waals surface area (Å²) in [5, 5.41) is 0. The van der Waals surface area contributed by atoms with E-state index in [2.05, 4.69) is 0 Å². The number of hydrogen-bond donors (Lipinski definition) is 0. The first-order valence-corrected chi connectivity index (χ1v) is 3.58. The molecule has 0 atom stereocenters. The first kappa shape index (κ1) is 9.10. The molecule has 0 saturated carbocycles. The van der Waals surface area contributed by atoms with Gasteiger partial charge in [-0.1, -0.05) is 24.3 Å². The Hall–Kier alpha value is -0.990. The van der Waals surface area contributed by atoms with E-state index in [1.807, 2.05) is 0 Å². The third kappa shape index (κ3) is 1.60. The zero-order valence-electron chi connectivity index (χ0n) is 6.65. The molecule has 1 aromatic carbocycles. The second kappa shape index (κ2) is 3.17. The summed E-state index contributed by atoms with van der Waals surface area (Å²) in [6.07, 6.45) is 0. The van der Waals surface area contributed by atoms with Crippen molar-refractivity contribution in [1.82, 2.24) is 0 Å². The van der Waals surface area contributed by atoms with Crippen molar-refractivity contribution < 1.29 is 13.2 Å². The summed E-state index contributed by atoms with van der Waals surface area (Å²) >= 11 is 0. The molecule has 0 N–H and O–H groups in total. The molecule has 0 unspecified atom stereocenters. The Labute approximate surface area is 69.0 Å². The molecular formula is C9H9F3. The Bertz CT molecular complexity index is 268. The summed E-state index contributed by atoms with van der Waals surface area (Å²) in [7, 11) is 0. The molecule has 0 aliphatic heterocycles. The fraction of sp³-hybridized carbons (Fsp3) is 0.333. The highest BCUT2D eigenvalue weighted by atomic mass is 19.3. The largest absolute Gasteiger partial charge is 0.301 e. The van der Waals surface area contributed by atoms with Crippen LogP contribution in [0.2, 0.25) is 0 Å². The number of hydrogen-bond acceptors (Lipinski definition) is 0. The minimum absolute atomic E-state index is 0.229. The van der Waals surface area contributed by atoms with Crippen LogP contribution in [0.25, 0.3) is 0 Å². The van der Waals surface area contributed by atoms with Crippen LogP contribution in [-0.4, -0.2) is 6.67 Å². The summed E-state index contributed by atoms with van der Waals surface area (Å²) in [5.41, 5.74) is 0.188. The molecule has 0 aliphatic rings. The molecular weight excluding hydrogens is 165 g/mol. The molecule has 1 rings (SSSR count). The lowest BCUT2D eigenvalue weighted by molar-refractivity contribution is -0.0286. The first-order chi connectivity index (χ1) is 5.58. The van der Waals surface area contributed by atoms with Crippen LogP contribution in [0.1, 0.15) is 11.1 Å². The van der Waals surface area contributed by atoms with Gasteiger partial charge in [-0.3, -0.25) is 0 Å². The highest BCUT2D eigenvalue weighted by Gasteiger charge is 2.32. The summed E-state index contributed by atoms with van der Waals surface area (Å²) in [4.78, 5) is 0. The molecule has 0 radical (unpaired) electrons. The smallest absolute Gasteiger partial charge is 0.244 e. The highest BCUT2D eigenvalue weighted by molar-refractivity contribution is 5.29. The Kier molecular flexibility index (Phi) is 2.40. The van der Waals surface area contributed by atoms with E-state index in [4.69, 9.17) is 0 Å². The van der Waals surface area contributed by atoms with E-state index >= 15 is 0 Å². The zero-order valence-corrected chi connectivity index (χ0v) is 6.65. The monoisotopic (exact) mass is 174 g/mol. The van der Waals surface area contributed by atoms with E-state index in [0.29, 0.717) is 5.56 Å². The van der Waals surface area contributed by atoms with Crippen LogP contribution in [-0.2, 0) is 5.92 Å². The molecule has 0 spiro atoms. The van der Waals surface area contributed by atoms with Crippen LogP contribution in [0.4, 0.5) is 13.2 Å². The molecule has 12 heavy (non-hydrogen) atoms. The predicted molar refractivity (Wildman–Crippen MR) is 41.0 cm³/mol. The van der Waals surface area contributed by atoms with Crippen LogP contribution in [0.5, 0.6) is 0 Å². The van der Waals surface area contributed by atoms with Crippen molar-refractivity contribution in [3.63, 3.8) is 0 Å². The predicted octanol–water partition coefficient (Wildman–Crippen LogP) is 3.06. The molecule has 0 nitrogen and oxygen atoms in total. The average molecular weight is 174 g/mol. The van der Waals surface area contributed by atoms with E-state index in [1.165, 1.54) is 12.1 Å². The number of benzene rings is 1. The van der Waals surface area contributed by atoms with Crippen LogP contribution in [0, 0.1) is 6.92 Å². The maximum atomic E-state index is 12.8. The summed E-state index contributed by atoms with van der Waals surface area (Å²) in [6, 6.07) is 5.91. The van der Waals surface area contributed by atoms with Crippen LogP contribution in [0.3, 0.4) is 0 Å². The summed E-state index contributed by atoms with van der Waals surface area (Å²) in [5.74, 6) is -3.34. The molecule has 0 heterocycles. The Morgan fingerprint density at radius 2 is 1.83 bits per heavy atom. The summed E-state index contributed by atoms with van der Waals surface area (Å²) in [6.45, 7) is -0.100. The maximum Gasteiger partial charge on any atom is 0.301 e. The van der Waals surface area contributed by atoms with E-state index in [-0.39, 0.29) is 5.56 Å². The van der Waals surface area contributed by atoms with Gasteiger partial charge in [0.15, 0.2) is 6.67 Å². The minimum Gasteiger partial charge on any atom is -0.244 e. The van der Waals surface area contributed by atoms with E-state index in [9.17, 15) is 13.2 Å². The van der Waals surface area contributed by atoms with Gasteiger partial charge in [0.05, 0.1) is 0 Å². The van der Waals surface area contributed by atoms with Gasteiger partial charge in [-0.15, -0.1) is 0 Å². The topological polar surface area (TPSA) is 0 Å². The lowest BCUT2D eigenvalue weighted by atomic mass is 10.0. The van der Waals surface area contributed by atoms with Crippen molar-refractivity contribution in [3.8, 4) is 0 Å². The maximum absolute atomic E-state index is 12.8. The molecule has 1 aromatic rings. The van der Waals surface area contributed by atoms with E-state index in [0.717, 1.165) is 0 Å². The summed E-state index contributed by atoms with van der Waals surface area (Å²) < 4.78 is 37.4. The van der Waals surface area contributed by atoms with Crippen molar-refractivity contribution in [3.05, 3.63) is 35.4 Å². The fourth-order valence-electron chi connectivity index (χ4n) is 1.06. The lowest BCUT2D eigenvalue weighted by Crippen LogP contribution is -2.17. The van der Waals surface area contributed by atoms with Crippen LogP contribution < -0.4 is 0 Å². The van der Waals surface area contributed by atoms with E-state index < -0.39 is 12.6 Å². The third-order valence-electron chi connectivity index (χ3n) is 1.71. The minimum atomic E-state index is -3.34. The Balaban J connectivity index is 3.10. The van der Waals surface area contributed by atoms with Crippen LogP contribution in [0.15, 0.2) is 24.3 Å². The molecule has 0 fully saturated rings. The zero-order chi connectivity index (χ0) is 9.19. The van der Waals surface area contributed by atoms with Crippen molar-refractivity contribution in [2.45, 2.75) is 12.8 Å². The molecule has 66 valence electrons. The van der Waals surface area contributed by atoms with Gasteiger partial charge in [0.25, 0.3) is 0 Å². The average Bonchev–Trinajstić information content (AvgIpc) is 2.05. The quantitative estimate of drug-likeness (QED) is 0.646. The van der Waals surface area contributed by atoms with Crippen molar-refractivity contribution in [1.29, 1.82) is 0 Å². The van der Waals surface area contributed by atoms with Gasteiger partial charge in [-0.25, -0.2) is 4.39 Å². The fourth-order valence-corrected chi connectivity index (χ4v) is 1.06. The second-order valence-corrected chi connectivity index (χ2v) is 2.65. The molecule has 0 aliphatic carbocycles. The standard InChI is InChI=1S/C9H9F3/c1-7-4-2-3-5-8(7)9(11,12)6-10/h2-5H,6H2,1H3. The normalized spacial score (nSPS) is 11.7. The van der Waals surface area contributed by atoms with E-state index in [1.54, 1.807) is 19.1 Å². The number of alkyl halides is 3. The van der Waals surface area contributed by atoms with Gasteiger partial charge in [0.1, 0.15) is 0 Å². The van der Waals surface area contributed by atoms with Gasteiger partial charge in [0, 0.05) is 5.56 Å². The molecule has 0 amide bonds. The molecule has 0 bridgehead atoms. The number of aryl methyl sites for hydroxylation is 1. The second-order valence-electron chi connectivity index (χ2n) is 2.65. The van der Waals surface area contributed by atoms with Gasteiger partial charge in [-0.2, -0.15) is 8.78 Å². The Morgan fingerprint density at radius 3 is 2.33 bits per heavy atom. The highest BCUT2D eigenvalue weighted by Crippen LogP contribution is 2.30. The third-order valence-corrected chi connectivity index (χ3v) is 1.71. The van der Waals surface area contributed by atoms with Gasteiger partial charge >= 0.3 is 5.92 Å². The van der Waals surface area contributed by atoms with Crippen molar-refractivity contribution in [2.75, 3.05) is 6.67 Å². The SMILES string of the molecule is Cc1ccccc1C(F)(F)CF. The Morgan fingerprint density at radius 1 is 1.25 bits per heavy atom. The van der Waals surface area contributed by atoms with Gasteiger partial charge < -0.3 is 0 Å². The van der Waals surface area contributed by atoms with Crippen molar-refractivity contribution in [2.24, 2.45) is 0 Å². The van der Waals surface area contributed by atoms with Gasteiger partial charge in [-0.05, 0) is 12.5 Å². The number of halogens is 3. The lowest BCUT2D eigenvalue weighted by Gasteiger charge is -2.14. The first-order valence-electron chi connectivity index (χ1n) is 3.58. The van der Waals surface area contributed by atoms with Gasteiger partial charge in [0.2, 0.25) is 0 Å². The number of rotatable bonds is 2.